The van der Waals surface area contributed by atoms with Crippen molar-refractivity contribution in [3.63, 3.8) is 0 Å². The Bertz CT molecular complexity index is 3000. The lowest BCUT2D eigenvalue weighted by atomic mass is 9.82. The second-order valence-corrected chi connectivity index (χ2v) is 20.8. The summed E-state index contributed by atoms with van der Waals surface area (Å²) in [7, 11) is 0. The number of hydrogen-bond acceptors (Lipinski definition) is 4. The summed E-state index contributed by atoms with van der Waals surface area (Å²) in [5.74, 6) is 3.68. The quantitative estimate of drug-likeness (QED) is 0.145. The second-order valence-electron chi connectivity index (χ2n) is 20.8. The smallest absolute Gasteiger partial charge is 0.138 e. The standard InChI is InChI=1S/C59H64N4O/c1-37(2)41-28-50(38(3)4)57(51(29-41)39(5)6)40-26-27-60-56(30-40)63-52-21-14-13-20-48(52)49-25-24-46(35-55(49)63)64-47-33-43(59(10,11)12)32-45(34-47)62-36-61(53-22-15-16-23-54(53)62)44-19-17-18-42(31-44)58(7,8)9/h13-35,37-39H,36H2,1-12H3. The maximum absolute atomic E-state index is 7.00. The fraction of sp³-hybridized carbons (Fsp3) is 0.305. The zero-order valence-electron chi connectivity index (χ0n) is 39.9. The van der Waals surface area contributed by atoms with E-state index in [9.17, 15) is 0 Å². The summed E-state index contributed by atoms with van der Waals surface area (Å²) in [6.07, 6.45) is 1.98. The van der Waals surface area contributed by atoms with Crippen molar-refractivity contribution in [3.8, 4) is 28.4 Å². The Kier molecular flexibility index (Phi) is 11.0. The summed E-state index contributed by atoms with van der Waals surface area (Å²) in [6.45, 7) is 28.2. The van der Waals surface area contributed by atoms with Gasteiger partial charge in [-0.2, -0.15) is 0 Å². The highest BCUT2D eigenvalue weighted by Gasteiger charge is 2.30. The first-order chi connectivity index (χ1) is 30.5. The fourth-order valence-corrected chi connectivity index (χ4v) is 9.41. The van der Waals surface area contributed by atoms with Crippen molar-refractivity contribution in [2.24, 2.45) is 0 Å². The molecule has 0 N–H and O–H groups in total. The van der Waals surface area contributed by atoms with Gasteiger partial charge in [0.05, 0.1) is 22.4 Å². The zero-order chi connectivity index (χ0) is 45.2. The topological polar surface area (TPSA) is 33.5 Å². The molecule has 0 amide bonds. The van der Waals surface area contributed by atoms with E-state index in [2.05, 4.69) is 231 Å². The Morgan fingerprint density at radius 1 is 0.516 bits per heavy atom. The lowest BCUT2D eigenvalue weighted by molar-refractivity contribution is 0.479. The first-order valence-electron chi connectivity index (χ1n) is 23.2. The summed E-state index contributed by atoms with van der Waals surface area (Å²) >= 11 is 0. The van der Waals surface area contributed by atoms with Gasteiger partial charge in [0.15, 0.2) is 0 Å². The first kappa shape index (κ1) is 42.9. The predicted octanol–water partition coefficient (Wildman–Crippen LogP) is 16.9. The molecule has 0 bridgehead atoms. The summed E-state index contributed by atoms with van der Waals surface area (Å²) in [4.78, 5) is 9.94. The van der Waals surface area contributed by atoms with E-state index in [0.29, 0.717) is 24.4 Å². The van der Waals surface area contributed by atoms with Crippen LogP contribution < -0.4 is 14.5 Å². The molecule has 1 aliphatic rings. The van der Waals surface area contributed by atoms with Gasteiger partial charge < -0.3 is 14.5 Å². The lowest BCUT2D eigenvalue weighted by Crippen LogP contribution is -2.25. The third kappa shape index (κ3) is 7.95. The number of para-hydroxylation sites is 3. The normalized spacial score (nSPS) is 13.3. The van der Waals surface area contributed by atoms with Crippen LogP contribution in [0.3, 0.4) is 0 Å². The molecule has 0 radical (unpaired) electrons. The van der Waals surface area contributed by atoms with E-state index in [0.717, 1.165) is 39.4 Å². The van der Waals surface area contributed by atoms with Crippen LogP contribution in [0.15, 0.2) is 140 Å². The highest BCUT2D eigenvalue weighted by molar-refractivity contribution is 6.09. The summed E-state index contributed by atoms with van der Waals surface area (Å²) in [5, 5.41) is 2.35. The largest absolute Gasteiger partial charge is 0.457 e. The Morgan fingerprint density at radius 2 is 1.14 bits per heavy atom. The van der Waals surface area contributed by atoms with E-state index < -0.39 is 0 Å². The van der Waals surface area contributed by atoms with Crippen LogP contribution >= 0.6 is 0 Å². The van der Waals surface area contributed by atoms with Crippen LogP contribution in [0.2, 0.25) is 0 Å². The third-order valence-corrected chi connectivity index (χ3v) is 13.1. The van der Waals surface area contributed by atoms with Crippen molar-refractivity contribution in [1.82, 2.24) is 9.55 Å². The van der Waals surface area contributed by atoms with E-state index in [-0.39, 0.29) is 10.8 Å². The molecule has 5 nitrogen and oxygen atoms in total. The van der Waals surface area contributed by atoms with Crippen molar-refractivity contribution < 1.29 is 4.74 Å². The first-order valence-corrected chi connectivity index (χ1v) is 23.2. The maximum atomic E-state index is 7.00. The molecule has 8 aromatic rings. The molecule has 0 saturated heterocycles. The summed E-state index contributed by atoms with van der Waals surface area (Å²) in [5.41, 5.74) is 16.0. The zero-order valence-corrected chi connectivity index (χ0v) is 39.9. The van der Waals surface area contributed by atoms with Gasteiger partial charge in [0.25, 0.3) is 0 Å². The number of rotatable bonds is 9. The fourth-order valence-electron chi connectivity index (χ4n) is 9.41. The van der Waals surface area contributed by atoms with Gasteiger partial charge in [0.1, 0.15) is 24.0 Å². The maximum Gasteiger partial charge on any atom is 0.138 e. The van der Waals surface area contributed by atoms with Crippen molar-refractivity contribution in [3.05, 3.63) is 167 Å². The molecule has 326 valence electrons. The minimum absolute atomic E-state index is 0.0509. The molecule has 0 fully saturated rings. The molecule has 0 saturated carbocycles. The van der Waals surface area contributed by atoms with Gasteiger partial charge in [0, 0.05) is 40.5 Å². The third-order valence-electron chi connectivity index (χ3n) is 13.1. The van der Waals surface area contributed by atoms with Crippen molar-refractivity contribution >= 4 is 44.6 Å². The molecule has 1 aliphatic heterocycles. The minimum Gasteiger partial charge on any atom is -0.457 e. The number of hydrogen-bond donors (Lipinski definition) is 0. The van der Waals surface area contributed by atoms with E-state index in [1.54, 1.807) is 0 Å². The summed E-state index contributed by atoms with van der Waals surface area (Å²) < 4.78 is 9.31. The second kappa shape index (κ2) is 16.3. The monoisotopic (exact) mass is 845 g/mol. The molecule has 3 heterocycles. The molecule has 0 spiro atoms. The van der Waals surface area contributed by atoms with Crippen LogP contribution in [0.4, 0.5) is 22.7 Å². The molecule has 0 unspecified atom stereocenters. The van der Waals surface area contributed by atoms with Crippen molar-refractivity contribution in [2.75, 3.05) is 16.5 Å². The molecule has 6 aromatic carbocycles. The Hall–Kier alpha value is -6.33. The van der Waals surface area contributed by atoms with Crippen LogP contribution in [0.1, 0.15) is 129 Å². The molecule has 0 aliphatic carbocycles. The molecule has 2 aromatic heterocycles. The number of anilines is 4. The van der Waals surface area contributed by atoms with Crippen LogP contribution in [0.25, 0.3) is 38.8 Å². The average Bonchev–Trinajstić information content (AvgIpc) is 3.81. The molecule has 0 atom stereocenters. The van der Waals surface area contributed by atoms with Crippen LogP contribution in [-0.4, -0.2) is 16.2 Å². The predicted molar refractivity (Wildman–Crippen MR) is 272 cm³/mol. The van der Waals surface area contributed by atoms with Crippen LogP contribution in [0.5, 0.6) is 11.5 Å². The van der Waals surface area contributed by atoms with Gasteiger partial charge >= 0.3 is 0 Å². The van der Waals surface area contributed by atoms with Crippen molar-refractivity contribution in [2.45, 2.75) is 112 Å². The number of pyridine rings is 1. The highest BCUT2D eigenvalue weighted by Crippen LogP contribution is 2.47. The molecule has 64 heavy (non-hydrogen) atoms. The number of aromatic nitrogens is 2. The Labute approximate surface area is 381 Å². The van der Waals surface area contributed by atoms with Gasteiger partial charge in [-0.1, -0.05) is 138 Å². The van der Waals surface area contributed by atoms with Gasteiger partial charge in [-0.05, 0) is 134 Å². The lowest BCUT2D eigenvalue weighted by Gasteiger charge is -2.27. The Morgan fingerprint density at radius 3 is 1.80 bits per heavy atom. The molecule has 9 rings (SSSR count). The number of nitrogens with zero attached hydrogens (tertiary/aromatic N) is 4. The van der Waals surface area contributed by atoms with Gasteiger partial charge in [-0.25, -0.2) is 4.98 Å². The average molecular weight is 845 g/mol. The molecular weight excluding hydrogens is 781 g/mol. The van der Waals surface area contributed by atoms with Crippen LogP contribution in [0, 0.1) is 0 Å². The van der Waals surface area contributed by atoms with E-state index in [1.165, 1.54) is 61.4 Å². The summed E-state index contributed by atoms with van der Waals surface area (Å²) in [6, 6.07) is 49.0. The SMILES string of the molecule is CC(C)c1cc(C(C)C)c(-c2ccnc(-n3c4ccccc4c4ccc(Oc5cc(N6CN(c7cccc(C(C)(C)C)c7)c7ccccc76)cc(C(C)(C)C)c5)cc43)c2)c(C(C)C)c1. The number of fused-ring (bicyclic) bond motifs is 4. The van der Waals surface area contributed by atoms with Gasteiger partial charge in [0.2, 0.25) is 0 Å². The minimum atomic E-state index is -0.110. The number of benzene rings is 6. The van der Waals surface area contributed by atoms with Gasteiger partial charge in [-0.3, -0.25) is 4.57 Å². The van der Waals surface area contributed by atoms with E-state index >= 15 is 0 Å². The molecule has 5 heteroatoms. The number of ether oxygens (including phenoxy) is 1. The highest BCUT2D eigenvalue weighted by atomic mass is 16.5. The Balaban J connectivity index is 1.14. The van der Waals surface area contributed by atoms with Gasteiger partial charge in [-0.15, -0.1) is 0 Å². The van der Waals surface area contributed by atoms with Crippen LogP contribution in [-0.2, 0) is 10.8 Å². The molecular formula is C59H64N4O. The van der Waals surface area contributed by atoms with E-state index in [4.69, 9.17) is 9.72 Å². The van der Waals surface area contributed by atoms with E-state index in [1.807, 2.05) is 6.20 Å². The van der Waals surface area contributed by atoms with Crippen molar-refractivity contribution in [1.29, 1.82) is 0 Å².